The number of unbranched alkanes of at least 4 members (excludes halogenated alkanes) is 43. The van der Waals surface area contributed by atoms with Crippen LogP contribution in [0.2, 0.25) is 0 Å². The van der Waals surface area contributed by atoms with Crippen LogP contribution in [0.3, 0.4) is 0 Å². The smallest absolute Gasteiger partial charge is 0.306 e. The Labute approximate surface area is 429 Å². The molecular formula is C61H119NO7. The molecule has 0 aromatic rings. The maximum absolute atomic E-state index is 12.8. The van der Waals surface area contributed by atoms with Gasteiger partial charge in [0.05, 0.1) is 40.3 Å². The Bertz CT molecular complexity index is 1090. The van der Waals surface area contributed by atoms with Crippen molar-refractivity contribution in [3.8, 4) is 0 Å². The van der Waals surface area contributed by atoms with E-state index in [9.17, 15) is 19.5 Å². The number of hydrogen-bond acceptors (Lipinski definition) is 7. The fourth-order valence-corrected chi connectivity index (χ4v) is 9.78. The van der Waals surface area contributed by atoms with E-state index >= 15 is 0 Å². The molecule has 0 aliphatic rings. The third-order valence-electron chi connectivity index (χ3n) is 14.5. The van der Waals surface area contributed by atoms with Crippen LogP contribution in [0.4, 0.5) is 0 Å². The first-order valence-electron chi connectivity index (χ1n) is 30.6. The number of aliphatic carboxylic acids is 1. The van der Waals surface area contributed by atoms with Crippen LogP contribution in [0.5, 0.6) is 0 Å². The average molecular weight is 979 g/mol. The maximum Gasteiger partial charge on any atom is 0.306 e. The minimum absolute atomic E-state index is 0.0503. The number of esters is 2. The highest BCUT2D eigenvalue weighted by atomic mass is 16.6. The maximum atomic E-state index is 12.8. The predicted octanol–water partition coefficient (Wildman–Crippen LogP) is 17.0. The van der Waals surface area contributed by atoms with E-state index < -0.39 is 18.1 Å². The zero-order valence-electron chi connectivity index (χ0n) is 47.0. The minimum atomic E-state index is -1.12. The van der Waals surface area contributed by atoms with Crippen LogP contribution in [0.1, 0.15) is 322 Å². The normalized spacial score (nSPS) is 12.7. The second-order valence-electron chi connectivity index (χ2n) is 22.3. The van der Waals surface area contributed by atoms with Crippen molar-refractivity contribution in [2.45, 2.75) is 334 Å². The third-order valence-corrected chi connectivity index (χ3v) is 14.5. The van der Waals surface area contributed by atoms with Gasteiger partial charge in [-0.15, -0.1) is 0 Å². The summed E-state index contributed by atoms with van der Waals surface area (Å²) in [7, 11) is 5.44. The lowest BCUT2D eigenvalue weighted by atomic mass is 10.0. The molecule has 2 unspecified atom stereocenters. The second kappa shape index (κ2) is 52.6. The summed E-state index contributed by atoms with van der Waals surface area (Å²) in [5, 5.41) is 11.7. The largest absolute Gasteiger partial charge is 0.544 e. The topological polar surface area (TPSA) is 102 Å². The number of likely N-dealkylation sites (N-methyl/N-ethyl adjacent to an activating group) is 1. The molecule has 0 rings (SSSR count). The van der Waals surface area contributed by atoms with Gasteiger partial charge in [-0.1, -0.05) is 290 Å². The van der Waals surface area contributed by atoms with E-state index in [1.165, 1.54) is 250 Å². The molecule has 8 nitrogen and oxygen atoms in total. The van der Waals surface area contributed by atoms with Crippen molar-refractivity contribution >= 4 is 17.9 Å². The Morgan fingerprint density at radius 3 is 0.899 bits per heavy atom. The van der Waals surface area contributed by atoms with Gasteiger partial charge in [0.25, 0.3) is 0 Å². The molecule has 2 atom stereocenters. The van der Waals surface area contributed by atoms with Gasteiger partial charge in [0, 0.05) is 19.3 Å². The molecule has 0 heterocycles. The van der Waals surface area contributed by atoms with Crippen LogP contribution >= 0.6 is 0 Å². The van der Waals surface area contributed by atoms with Gasteiger partial charge in [0.15, 0.2) is 6.10 Å². The van der Waals surface area contributed by atoms with Crippen LogP contribution in [0.25, 0.3) is 0 Å². The van der Waals surface area contributed by atoms with Crippen molar-refractivity contribution in [3.63, 3.8) is 0 Å². The van der Waals surface area contributed by atoms with Crippen LogP contribution < -0.4 is 5.11 Å². The summed E-state index contributed by atoms with van der Waals surface area (Å²) in [6.45, 7) is 4.75. The van der Waals surface area contributed by atoms with Crippen LogP contribution in [0, 0.1) is 0 Å². The van der Waals surface area contributed by atoms with E-state index in [2.05, 4.69) is 13.8 Å². The molecule has 8 heteroatoms. The second-order valence-corrected chi connectivity index (χ2v) is 22.3. The number of quaternary nitrogens is 1. The zero-order chi connectivity index (χ0) is 50.6. The van der Waals surface area contributed by atoms with Crippen LogP contribution in [-0.2, 0) is 28.6 Å². The molecule has 69 heavy (non-hydrogen) atoms. The van der Waals surface area contributed by atoms with Crippen molar-refractivity contribution in [2.75, 3.05) is 41.0 Å². The molecule has 0 saturated carbocycles. The van der Waals surface area contributed by atoms with E-state index in [1.807, 2.05) is 21.1 Å². The summed E-state index contributed by atoms with van der Waals surface area (Å²) < 4.78 is 17.3. The molecule has 0 radical (unpaired) electrons. The van der Waals surface area contributed by atoms with Gasteiger partial charge in [-0.2, -0.15) is 0 Å². The Hall–Kier alpha value is -1.67. The van der Waals surface area contributed by atoms with E-state index in [0.717, 1.165) is 38.5 Å². The Kier molecular flexibility index (Phi) is 51.4. The molecule has 0 N–H and O–H groups in total. The van der Waals surface area contributed by atoms with E-state index in [-0.39, 0.29) is 42.7 Å². The first-order chi connectivity index (χ1) is 33.6. The zero-order valence-corrected chi connectivity index (χ0v) is 47.0. The number of carboxylic acids is 1. The summed E-state index contributed by atoms with van der Waals surface area (Å²) in [5.41, 5.74) is 0. The standard InChI is InChI=1S/C61H119NO7/c1-6-8-10-12-14-16-18-20-22-24-26-28-30-32-33-35-37-39-41-43-45-47-49-51-59(63)68-56-57(55-67-54-53-58(61(65)66)62(3,4)5)69-60(64)52-50-48-46-44-42-40-38-36-34-31-29-27-25-23-21-19-17-15-13-11-9-7-2/h57-58H,6-56H2,1-5H3. The Balaban J connectivity index is 4.07. The summed E-state index contributed by atoms with van der Waals surface area (Å²) in [6, 6.07) is -0.721. The van der Waals surface area contributed by atoms with E-state index in [4.69, 9.17) is 14.2 Å². The first-order valence-corrected chi connectivity index (χ1v) is 30.6. The molecule has 0 fully saturated rings. The average Bonchev–Trinajstić information content (AvgIpc) is 3.31. The Morgan fingerprint density at radius 2 is 0.638 bits per heavy atom. The highest BCUT2D eigenvalue weighted by molar-refractivity contribution is 5.70. The highest BCUT2D eigenvalue weighted by Crippen LogP contribution is 2.18. The summed E-state index contributed by atoms with van der Waals surface area (Å²) in [4.78, 5) is 37.2. The van der Waals surface area contributed by atoms with Crippen molar-refractivity contribution in [1.29, 1.82) is 0 Å². The summed E-state index contributed by atoms with van der Waals surface area (Å²) >= 11 is 0. The highest BCUT2D eigenvalue weighted by Gasteiger charge is 2.25. The lowest BCUT2D eigenvalue weighted by Gasteiger charge is -2.34. The third kappa shape index (κ3) is 51.0. The number of carbonyl (C=O) groups excluding carboxylic acids is 3. The number of ether oxygens (including phenoxy) is 3. The molecule has 0 amide bonds. The molecule has 0 saturated heterocycles. The van der Waals surface area contributed by atoms with Gasteiger partial charge in [0.1, 0.15) is 12.6 Å². The monoisotopic (exact) mass is 978 g/mol. The molecule has 0 aromatic heterocycles. The number of nitrogens with zero attached hydrogens (tertiary/aromatic N) is 1. The SMILES string of the molecule is CCCCCCCCCCCCCCCCCCCCCCCCCC(=O)OCC(COCCC(C(=O)[O-])[N+](C)(C)C)OC(=O)CCCCCCCCCCCCCCCCCCCCCCCC. The fourth-order valence-electron chi connectivity index (χ4n) is 9.78. The number of hydrogen-bond donors (Lipinski definition) is 0. The van der Waals surface area contributed by atoms with Gasteiger partial charge < -0.3 is 28.6 Å². The van der Waals surface area contributed by atoms with Crippen LogP contribution in [0.15, 0.2) is 0 Å². The van der Waals surface area contributed by atoms with E-state index in [1.54, 1.807) is 0 Å². The van der Waals surface area contributed by atoms with E-state index in [0.29, 0.717) is 12.8 Å². The lowest BCUT2D eigenvalue weighted by Crippen LogP contribution is -2.55. The van der Waals surface area contributed by atoms with Gasteiger partial charge in [-0.3, -0.25) is 9.59 Å². The molecule has 0 aromatic carbocycles. The number of rotatable bonds is 57. The van der Waals surface area contributed by atoms with Crippen molar-refractivity contribution < 1.29 is 38.2 Å². The Morgan fingerprint density at radius 1 is 0.377 bits per heavy atom. The number of carbonyl (C=O) groups is 3. The molecule has 0 aliphatic carbocycles. The van der Waals surface area contributed by atoms with Gasteiger partial charge in [0.2, 0.25) is 0 Å². The van der Waals surface area contributed by atoms with Crippen LogP contribution in [-0.4, -0.2) is 75.5 Å². The minimum Gasteiger partial charge on any atom is -0.544 e. The number of carboxylic acid groups (broad SMARTS) is 1. The molecule has 0 spiro atoms. The summed E-state index contributed by atoms with van der Waals surface area (Å²) in [6.07, 6.45) is 60.1. The first kappa shape index (κ1) is 67.3. The van der Waals surface area contributed by atoms with Gasteiger partial charge >= 0.3 is 11.9 Å². The van der Waals surface area contributed by atoms with Crippen molar-refractivity contribution in [3.05, 3.63) is 0 Å². The molecule has 410 valence electrons. The molecule has 0 bridgehead atoms. The fraction of sp³-hybridized carbons (Fsp3) is 0.951. The molecule has 0 aliphatic heterocycles. The lowest BCUT2D eigenvalue weighted by molar-refractivity contribution is -0.889. The van der Waals surface area contributed by atoms with Gasteiger partial charge in [-0.25, -0.2) is 0 Å². The molecular weight excluding hydrogens is 859 g/mol. The van der Waals surface area contributed by atoms with Crippen molar-refractivity contribution in [2.24, 2.45) is 0 Å². The van der Waals surface area contributed by atoms with Gasteiger partial charge in [-0.05, 0) is 12.8 Å². The van der Waals surface area contributed by atoms with Crippen molar-refractivity contribution in [1.82, 2.24) is 0 Å². The quantitative estimate of drug-likeness (QED) is 0.0340. The summed E-state index contributed by atoms with van der Waals surface area (Å²) in [5.74, 6) is -1.70. The predicted molar refractivity (Wildman–Crippen MR) is 291 cm³/mol.